The summed E-state index contributed by atoms with van der Waals surface area (Å²) < 4.78 is 0. The van der Waals surface area contributed by atoms with Crippen LogP contribution < -0.4 is 15.6 Å². The van der Waals surface area contributed by atoms with Crippen molar-refractivity contribution in [1.82, 2.24) is 0 Å². The number of aliphatic hydroxyl groups is 1. The van der Waals surface area contributed by atoms with Gasteiger partial charge in [0.15, 0.2) is 8.07 Å². The summed E-state index contributed by atoms with van der Waals surface area (Å²) in [6.07, 6.45) is 7.67. The van der Waals surface area contributed by atoms with Crippen molar-refractivity contribution >= 4 is 23.6 Å². The van der Waals surface area contributed by atoms with Crippen molar-refractivity contribution in [1.29, 1.82) is 0 Å². The van der Waals surface area contributed by atoms with Crippen molar-refractivity contribution in [3.63, 3.8) is 0 Å². The minimum absolute atomic E-state index is 0.00722. The Morgan fingerprint density at radius 2 is 1.10 bits per heavy atom. The van der Waals surface area contributed by atoms with E-state index in [0.717, 1.165) is 12.8 Å². The summed E-state index contributed by atoms with van der Waals surface area (Å²) in [5.74, 6) is 0.352. The Bertz CT molecular complexity index is 820. The standard InChI is InChI=1S/C28H32OSi/c1-2-27(28(29)23-15-7-3-8-16-23)30(24-17-9-4-10-18-24,25-19-11-5-12-20-25)26-21-13-6-14-22-26/h2,4-6,9-14,17-23,27-29H,1,3,7-8,15-16H2. The van der Waals surface area contributed by atoms with Gasteiger partial charge in [-0.2, -0.15) is 0 Å². The van der Waals surface area contributed by atoms with Gasteiger partial charge in [-0.1, -0.05) is 116 Å². The Labute approximate surface area is 182 Å². The van der Waals surface area contributed by atoms with E-state index in [-0.39, 0.29) is 11.6 Å². The molecule has 2 atom stereocenters. The zero-order valence-corrected chi connectivity index (χ0v) is 18.7. The largest absolute Gasteiger partial charge is 0.392 e. The molecular weight excluding hydrogens is 380 g/mol. The first-order valence-corrected chi connectivity index (χ1v) is 13.3. The van der Waals surface area contributed by atoms with Crippen LogP contribution in [-0.4, -0.2) is 19.3 Å². The zero-order valence-electron chi connectivity index (χ0n) is 17.7. The molecule has 30 heavy (non-hydrogen) atoms. The topological polar surface area (TPSA) is 20.2 Å². The van der Waals surface area contributed by atoms with E-state index in [1.165, 1.54) is 34.8 Å². The highest BCUT2D eigenvalue weighted by Crippen LogP contribution is 2.37. The van der Waals surface area contributed by atoms with E-state index in [2.05, 4.69) is 104 Å². The van der Waals surface area contributed by atoms with Crippen LogP contribution in [-0.2, 0) is 0 Å². The summed E-state index contributed by atoms with van der Waals surface area (Å²) in [6.45, 7) is 4.29. The van der Waals surface area contributed by atoms with Crippen LogP contribution in [0.1, 0.15) is 32.1 Å². The molecule has 0 heterocycles. The second-order valence-electron chi connectivity index (χ2n) is 8.56. The van der Waals surface area contributed by atoms with Gasteiger partial charge in [-0.25, -0.2) is 0 Å². The van der Waals surface area contributed by atoms with E-state index in [9.17, 15) is 5.11 Å². The Hall–Kier alpha value is -2.42. The van der Waals surface area contributed by atoms with Crippen LogP contribution in [0.3, 0.4) is 0 Å². The second-order valence-corrected chi connectivity index (χ2v) is 12.6. The minimum atomic E-state index is -2.57. The average molecular weight is 413 g/mol. The van der Waals surface area contributed by atoms with Gasteiger partial charge < -0.3 is 5.11 Å². The van der Waals surface area contributed by atoms with Crippen LogP contribution in [0.5, 0.6) is 0 Å². The summed E-state index contributed by atoms with van der Waals surface area (Å²) in [5, 5.41) is 15.8. The van der Waals surface area contributed by atoms with Gasteiger partial charge in [0.25, 0.3) is 0 Å². The quantitative estimate of drug-likeness (QED) is 0.340. The molecule has 3 aromatic carbocycles. The number of hydrogen-bond donors (Lipinski definition) is 1. The normalized spacial score (nSPS) is 17.2. The number of rotatable bonds is 7. The van der Waals surface area contributed by atoms with E-state index >= 15 is 0 Å². The molecule has 1 aliphatic rings. The summed E-state index contributed by atoms with van der Waals surface area (Å²) in [4.78, 5) is 0. The number of aliphatic hydroxyl groups excluding tert-OH is 1. The third-order valence-corrected chi connectivity index (χ3v) is 12.3. The lowest BCUT2D eigenvalue weighted by atomic mass is 9.84. The van der Waals surface area contributed by atoms with Gasteiger partial charge in [0.1, 0.15) is 0 Å². The molecule has 0 bridgehead atoms. The molecule has 2 heteroatoms. The fourth-order valence-electron chi connectivity index (χ4n) is 5.52. The Balaban J connectivity index is 1.97. The van der Waals surface area contributed by atoms with Crippen molar-refractivity contribution in [3.05, 3.63) is 104 Å². The SMILES string of the molecule is C=CC(C(O)C1CCCCC1)[Si](c1ccccc1)(c1ccccc1)c1ccccc1. The van der Waals surface area contributed by atoms with Crippen LogP contribution in [0.25, 0.3) is 0 Å². The van der Waals surface area contributed by atoms with E-state index < -0.39 is 8.07 Å². The Morgan fingerprint density at radius 1 is 0.700 bits per heavy atom. The molecule has 3 aromatic rings. The third-order valence-electron chi connectivity index (χ3n) is 6.94. The second kappa shape index (κ2) is 9.59. The molecule has 0 radical (unpaired) electrons. The van der Waals surface area contributed by atoms with E-state index in [1.54, 1.807) is 0 Å². The maximum atomic E-state index is 11.8. The van der Waals surface area contributed by atoms with Gasteiger partial charge in [0, 0.05) is 5.54 Å². The summed E-state index contributed by atoms with van der Waals surface area (Å²) in [7, 11) is -2.57. The van der Waals surface area contributed by atoms with Crippen molar-refractivity contribution in [2.24, 2.45) is 5.92 Å². The van der Waals surface area contributed by atoms with Crippen LogP contribution in [0.15, 0.2) is 104 Å². The molecule has 2 unspecified atom stereocenters. The molecule has 0 aliphatic heterocycles. The molecule has 1 nitrogen and oxygen atoms in total. The lowest BCUT2D eigenvalue weighted by Crippen LogP contribution is -2.71. The first kappa shape index (κ1) is 20.8. The molecule has 1 fully saturated rings. The first-order chi connectivity index (χ1) is 14.8. The van der Waals surface area contributed by atoms with Gasteiger partial charge in [0.05, 0.1) is 6.10 Å². The first-order valence-electron chi connectivity index (χ1n) is 11.3. The van der Waals surface area contributed by atoms with Gasteiger partial charge >= 0.3 is 0 Å². The highest BCUT2D eigenvalue weighted by Gasteiger charge is 2.49. The molecule has 0 amide bonds. The van der Waals surface area contributed by atoms with Crippen LogP contribution >= 0.6 is 0 Å². The Morgan fingerprint density at radius 3 is 1.47 bits per heavy atom. The van der Waals surface area contributed by atoms with Crippen molar-refractivity contribution in [2.75, 3.05) is 0 Å². The third kappa shape index (κ3) is 3.82. The van der Waals surface area contributed by atoms with Crippen molar-refractivity contribution in [3.8, 4) is 0 Å². The fourth-order valence-corrected chi connectivity index (χ4v) is 11.0. The van der Waals surface area contributed by atoms with Crippen LogP contribution in [0, 0.1) is 5.92 Å². The lowest BCUT2D eigenvalue weighted by Gasteiger charge is -2.44. The summed E-state index contributed by atoms with van der Waals surface area (Å²) in [6, 6.07) is 32.6. The van der Waals surface area contributed by atoms with Gasteiger partial charge in [-0.15, -0.1) is 6.58 Å². The molecule has 0 saturated heterocycles. The fraction of sp³-hybridized carbons (Fsp3) is 0.286. The highest BCUT2D eigenvalue weighted by molar-refractivity contribution is 7.12. The molecule has 0 spiro atoms. The zero-order chi connectivity index (χ0) is 20.8. The van der Waals surface area contributed by atoms with Gasteiger partial charge in [-0.05, 0) is 34.3 Å². The lowest BCUT2D eigenvalue weighted by molar-refractivity contribution is 0.0865. The molecule has 1 N–H and O–H groups in total. The molecular formula is C28H32OSi. The van der Waals surface area contributed by atoms with E-state index in [4.69, 9.17) is 0 Å². The molecule has 0 aromatic heterocycles. The molecule has 1 saturated carbocycles. The highest BCUT2D eigenvalue weighted by atomic mass is 28.3. The molecule has 1 aliphatic carbocycles. The van der Waals surface area contributed by atoms with Crippen LogP contribution in [0.2, 0.25) is 5.54 Å². The van der Waals surface area contributed by atoms with Crippen molar-refractivity contribution in [2.45, 2.75) is 43.7 Å². The summed E-state index contributed by atoms with van der Waals surface area (Å²) >= 11 is 0. The maximum absolute atomic E-state index is 11.8. The number of benzene rings is 3. The van der Waals surface area contributed by atoms with Gasteiger partial charge in [-0.3, -0.25) is 0 Å². The predicted octanol–water partition coefficient (Wildman–Crippen LogP) is 4.65. The summed E-state index contributed by atoms with van der Waals surface area (Å²) in [5.41, 5.74) is 0.00722. The number of hydrogen-bond acceptors (Lipinski definition) is 1. The average Bonchev–Trinajstić information content (AvgIpc) is 2.84. The molecule has 154 valence electrons. The van der Waals surface area contributed by atoms with E-state index in [0.29, 0.717) is 5.92 Å². The smallest absolute Gasteiger partial charge is 0.157 e. The minimum Gasteiger partial charge on any atom is -0.392 e. The van der Waals surface area contributed by atoms with Gasteiger partial charge in [0.2, 0.25) is 0 Å². The Kier molecular flexibility index (Phi) is 6.66. The van der Waals surface area contributed by atoms with Crippen molar-refractivity contribution < 1.29 is 5.11 Å². The monoisotopic (exact) mass is 412 g/mol. The van der Waals surface area contributed by atoms with E-state index in [1.807, 2.05) is 0 Å². The maximum Gasteiger partial charge on any atom is 0.157 e. The van der Waals surface area contributed by atoms with Crippen LogP contribution in [0.4, 0.5) is 0 Å². The predicted molar refractivity (Wildman–Crippen MR) is 131 cm³/mol. The molecule has 4 rings (SSSR count).